The van der Waals surface area contributed by atoms with E-state index in [9.17, 15) is 9.59 Å². The van der Waals surface area contributed by atoms with Crippen molar-refractivity contribution >= 4 is 11.9 Å². The molecule has 5 heteroatoms. The van der Waals surface area contributed by atoms with Crippen LogP contribution in [-0.4, -0.2) is 37.0 Å². The van der Waals surface area contributed by atoms with Gasteiger partial charge in [-0.3, -0.25) is 9.59 Å². The van der Waals surface area contributed by atoms with Crippen LogP contribution in [0.1, 0.15) is 22.3 Å². The summed E-state index contributed by atoms with van der Waals surface area (Å²) in [5.41, 5.74) is 4.24. The molecule has 0 bridgehead atoms. The van der Waals surface area contributed by atoms with Crippen molar-refractivity contribution in [1.29, 1.82) is 0 Å². The molecule has 1 heterocycles. The third-order valence-corrected chi connectivity index (χ3v) is 4.66. The molecule has 2 aromatic rings. The van der Waals surface area contributed by atoms with E-state index >= 15 is 0 Å². The highest BCUT2D eigenvalue weighted by atomic mass is 16.5. The van der Waals surface area contributed by atoms with Crippen molar-refractivity contribution in [2.24, 2.45) is 0 Å². The number of carbonyl (C=O) groups is 2. The van der Waals surface area contributed by atoms with Crippen molar-refractivity contribution in [1.82, 2.24) is 4.90 Å². The maximum absolute atomic E-state index is 12.3. The number of ether oxygens (including phenoxy) is 2. The molecule has 136 valence electrons. The van der Waals surface area contributed by atoms with Crippen LogP contribution in [0.15, 0.2) is 42.5 Å². The first-order chi connectivity index (χ1) is 12.6. The molecule has 0 spiro atoms. The van der Waals surface area contributed by atoms with Gasteiger partial charge in [-0.25, -0.2) is 0 Å². The van der Waals surface area contributed by atoms with Crippen LogP contribution in [0.2, 0.25) is 0 Å². The molecule has 0 N–H and O–H groups in total. The van der Waals surface area contributed by atoms with Gasteiger partial charge in [0, 0.05) is 13.1 Å². The first-order valence-corrected chi connectivity index (χ1v) is 8.70. The van der Waals surface area contributed by atoms with Gasteiger partial charge in [0.25, 0.3) is 5.91 Å². The zero-order chi connectivity index (χ0) is 18.5. The number of esters is 1. The zero-order valence-corrected chi connectivity index (χ0v) is 15.2. The van der Waals surface area contributed by atoms with Crippen LogP contribution in [-0.2, 0) is 33.7 Å². The van der Waals surface area contributed by atoms with E-state index in [-0.39, 0.29) is 18.9 Å². The van der Waals surface area contributed by atoms with E-state index in [1.807, 2.05) is 43.3 Å². The van der Waals surface area contributed by atoms with Gasteiger partial charge in [0.1, 0.15) is 5.75 Å². The molecule has 0 unspecified atom stereocenters. The van der Waals surface area contributed by atoms with Crippen LogP contribution in [0.25, 0.3) is 0 Å². The van der Waals surface area contributed by atoms with E-state index in [2.05, 4.69) is 6.07 Å². The van der Waals surface area contributed by atoms with Gasteiger partial charge >= 0.3 is 5.97 Å². The highest BCUT2D eigenvalue weighted by Gasteiger charge is 2.21. The van der Waals surface area contributed by atoms with Crippen LogP contribution in [0, 0.1) is 6.92 Å². The maximum Gasteiger partial charge on any atom is 0.310 e. The number of aryl methyl sites for hydroxylation is 1. The molecule has 1 aliphatic rings. The first-order valence-electron chi connectivity index (χ1n) is 8.70. The smallest absolute Gasteiger partial charge is 0.310 e. The molecule has 2 aromatic carbocycles. The summed E-state index contributed by atoms with van der Waals surface area (Å²) >= 11 is 0. The number of hydrogen-bond donors (Lipinski definition) is 0. The van der Waals surface area contributed by atoms with Crippen LogP contribution in [0.4, 0.5) is 0 Å². The summed E-state index contributed by atoms with van der Waals surface area (Å²) in [7, 11) is 1.60. The summed E-state index contributed by atoms with van der Waals surface area (Å²) < 4.78 is 10.4. The Morgan fingerprint density at radius 1 is 1.12 bits per heavy atom. The van der Waals surface area contributed by atoms with E-state index in [1.54, 1.807) is 12.0 Å². The SMILES string of the molecule is COc1cc(CC(=O)OCC(=O)N2CCc3ccccc3C2)ccc1C. The summed E-state index contributed by atoms with van der Waals surface area (Å²) in [6.45, 7) is 2.95. The van der Waals surface area contributed by atoms with Crippen molar-refractivity contribution in [2.45, 2.75) is 26.3 Å². The number of hydrogen-bond acceptors (Lipinski definition) is 4. The van der Waals surface area contributed by atoms with Crippen molar-refractivity contribution in [2.75, 3.05) is 20.3 Å². The third kappa shape index (κ3) is 4.23. The van der Waals surface area contributed by atoms with Gasteiger partial charge in [-0.2, -0.15) is 0 Å². The fraction of sp³-hybridized carbons (Fsp3) is 0.333. The Kier molecular flexibility index (Phi) is 5.56. The van der Waals surface area contributed by atoms with Crippen molar-refractivity contribution in [3.63, 3.8) is 0 Å². The lowest BCUT2D eigenvalue weighted by molar-refractivity contribution is -0.151. The lowest BCUT2D eigenvalue weighted by Gasteiger charge is -2.28. The average molecular weight is 353 g/mol. The Labute approximate surface area is 153 Å². The van der Waals surface area contributed by atoms with Crippen LogP contribution >= 0.6 is 0 Å². The molecule has 0 radical (unpaired) electrons. The topological polar surface area (TPSA) is 55.8 Å². The minimum Gasteiger partial charge on any atom is -0.496 e. The number of carbonyl (C=O) groups excluding carboxylic acids is 2. The summed E-state index contributed by atoms with van der Waals surface area (Å²) in [6.07, 6.45) is 0.950. The second-order valence-electron chi connectivity index (χ2n) is 6.48. The number of methoxy groups -OCH3 is 1. The van der Waals surface area contributed by atoms with E-state index in [0.717, 1.165) is 28.9 Å². The summed E-state index contributed by atoms with van der Waals surface area (Å²) in [5.74, 6) is 0.161. The second kappa shape index (κ2) is 8.04. The Morgan fingerprint density at radius 2 is 1.88 bits per heavy atom. The molecule has 0 aromatic heterocycles. The molecule has 0 atom stereocenters. The van der Waals surface area contributed by atoms with Gasteiger partial charge in [-0.05, 0) is 41.7 Å². The van der Waals surface area contributed by atoms with Crippen LogP contribution < -0.4 is 4.74 Å². The minimum atomic E-state index is -0.415. The highest BCUT2D eigenvalue weighted by molar-refractivity contribution is 5.81. The average Bonchev–Trinajstić information content (AvgIpc) is 2.67. The molecule has 1 aliphatic heterocycles. The predicted molar refractivity (Wildman–Crippen MR) is 98.0 cm³/mol. The minimum absolute atomic E-state index is 0.118. The van der Waals surface area contributed by atoms with Gasteiger partial charge in [0.15, 0.2) is 6.61 Å². The fourth-order valence-corrected chi connectivity index (χ4v) is 3.13. The zero-order valence-electron chi connectivity index (χ0n) is 15.2. The van der Waals surface area contributed by atoms with E-state index in [1.165, 1.54) is 5.56 Å². The van der Waals surface area contributed by atoms with Crippen molar-refractivity contribution < 1.29 is 19.1 Å². The van der Waals surface area contributed by atoms with E-state index < -0.39 is 5.97 Å². The summed E-state index contributed by atoms with van der Waals surface area (Å²) in [6, 6.07) is 13.7. The largest absolute Gasteiger partial charge is 0.496 e. The van der Waals surface area contributed by atoms with E-state index in [4.69, 9.17) is 9.47 Å². The lowest BCUT2D eigenvalue weighted by atomic mass is 10.00. The molecule has 0 saturated carbocycles. The number of rotatable bonds is 5. The first kappa shape index (κ1) is 18.0. The van der Waals surface area contributed by atoms with Crippen LogP contribution in [0.3, 0.4) is 0 Å². The molecule has 5 nitrogen and oxygen atoms in total. The Balaban J connectivity index is 1.51. The number of fused-ring (bicyclic) bond motifs is 1. The summed E-state index contributed by atoms with van der Waals surface area (Å²) in [4.78, 5) is 26.1. The molecule has 0 saturated heterocycles. The quantitative estimate of drug-likeness (QED) is 0.776. The number of benzene rings is 2. The molecule has 1 amide bonds. The monoisotopic (exact) mass is 353 g/mol. The lowest BCUT2D eigenvalue weighted by Crippen LogP contribution is -2.38. The van der Waals surface area contributed by atoms with Gasteiger partial charge in [-0.15, -0.1) is 0 Å². The van der Waals surface area contributed by atoms with Gasteiger partial charge in [0.05, 0.1) is 13.5 Å². The summed E-state index contributed by atoms with van der Waals surface area (Å²) in [5, 5.41) is 0. The predicted octanol–water partition coefficient (Wildman–Crippen LogP) is 2.67. The fourth-order valence-electron chi connectivity index (χ4n) is 3.13. The molecule has 0 fully saturated rings. The normalized spacial score (nSPS) is 13.1. The molecule has 26 heavy (non-hydrogen) atoms. The number of amides is 1. The Morgan fingerprint density at radius 3 is 2.65 bits per heavy atom. The number of nitrogens with zero attached hydrogens (tertiary/aromatic N) is 1. The van der Waals surface area contributed by atoms with Crippen molar-refractivity contribution in [3.05, 3.63) is 64.7 Å². The maximum atomic E-state index is 12.3. The third-order valence-electron chi connectivity index (χ3n) is 4.66. The van der Waals surface area contributed by atoms with Crippen LogP contribution in [0.5, 0.6) is 5.75 Å². The van der Waals surface area contributed by atoms with Gasteiger partial charge in [0.2, 0.25) is 0 Å². The second-order valence-corrected chi connectivity index (χ2v) is 6.48. The Hall–Kier alpha value is -2.82. The van der Waals surface area contributed by atoms with Gasteiger partial charge < -0.3 is 14.4 Å². The molecule has 3 rings (SSSR count). The molecule has 0 aliphatic carbocycles. The molecular weight excluding hydrogens is 330 g/mol. The van der Waals surface area contributed by atoms with Gasteiger partial charge in [-0.1, -0.05) is 36.4 Å². The molecular formula is C21H23NO4. The standard InChI is InChI=1S/C21H23NO4/c1-15-7-8-16(11-19(15)25-2)12-21(24)26-14-20(23)22-10-9-17-5-3-4-6-18(17)13-22/h3-8,11H,9-10,12-14H2,1-2H3. The Bertz CT molecular complexity index is 815. The highest BCUT2D eigenvalue weighted by Crippen LogP contribution is 2.20. The van der Waals surface area contributed by atoms with E-state index in [0.29, 0.717) is 13.1 Å². The van der Waals surface area contributed by atoms with Crippen molar-refractivity contribution in [3.8, 4) is 5.75 Å².